The predicted molar refractivity (Wildman–Crippen MR) is 61.2 cm³/mol. The molecule has 17 heavy (non-hydrogen) atoms. The van der Waals surface area contributed by atoms with Crippen molar-refractivity contribution in [3.63, 3.8) is 0 Å². The van der Waals surface area contributed by atoms with E-state index in [1.54, 1.807) is 19.1 Å². The van der Waals surface area contributed by atoms with Crippen molar-refractivity contribution in [1.29, 1.82) is 0 Å². The number of nitrogens with two attached hydrogens (primary N) is 1. The fourth-order valence-electron chi connectivity index (χ4n) is 1.75. The molecule has 1 aromatic heterocycles. The zero-order valence-corrected chi connectivity index (χ0v) is 9.32. The van der Waals surface area contributed by atoms with Crippen molar-refractivity contribution >= 4 is 0 Å². The summed E-state index contributed by atoms with van der Waals surface area (Å²) in [6.45, 7) is 1.68. The van der Waals surface area contributed by atoms with Crippen LogP contribution in [0, 0.1) is 11.6 Å². The Morgan fingerprint density at radius 3 is 2.35 bits per heavy atom. The van der Waals surface area contributed by atoms with E-state index in [4.69, 9.17) is 5.73 Å². The molecule has 0 aliphatic carbocycles. The van der Waals surface area contributed by atoms with Gasteiger partial charge < -0.3 is 5.73 Å². The van der Waals surface area contributed by atoms with Crippen LogP contribution in [0.15, 0.2) is 42.7 Å². The number of halogens is 2. The Hall–Kier alpha value is -1.81. The van der Waals surface area contributed by atoms with Crippen LogP contribution in [0.2, 0.25) is 0 Å². The smallest absolute Gasteiger partial charge is 0.146 e. The maximum atomic E-state index is 13.6. The van der Waals surface area contributed by atoms with Crippen LogP contribution in [0.5, 0.6) is 0 Å². The fraction of sp³-hybridized carbons (Fsp3) is 0.154. The third kappa shape index (κ3) is 2.17. The Morgan fingerprint density at radius 1 is 1.12 bits per heavy atom. The third-order valence-electron chi connectivity index (χ3n) is 2.78. The highest BCUT2D eigenvalue weighted by Gasteiger charge is 2.26. The Morgan fingerprint density at radius 2 is 1.76 bits per heavy atom. The van der Waals surface area contributed by atoms with E-state index < -0.39 is 11.4 Å². The lowest BCUT2D eigenvalue weighted by Gasteiger charge is -2.26. The lowest BCUT2D eigenvalue weighted by atomic mass is 9.86. The van der Waals surface area contributed by atoms with E-state index in [-0.39, 0.29) is 5.82 Å². The van der Waals surface area contributed by atoms with Crippen LogP contribution in [-0.2, 0) is 5.54 Å². The molecule has 0 saturated heterocycles. The molecule has 88 valence electrons. The van der Waals surface area contributed by atoms with E-state index in [2.05, 4.69) is 4.98 Å². The first-order valence-electron chi connectivity index (χ1n) is 5.17. The van der Waals surface area contributed by atoms with E-state index in [9.17, 15) is 8.78 Å². The van der Waals surface area contributed by atoms with Crippen molar-refractivity contribution in [3.8, 4) is 0 Å². The lowest BCUT2D eigenvalue weighted by molar-refractivity contribution is 0.525. The molecular formula is C13H12F2N2. The average molecular weight is 234 g/mol. The minimum absolute atomic E-state index is 0.333. The van der Waals surface area contributed by atoms with E-state index in [0.29, 0.717) is 11.1 Å². The lowest BCUT2D eigenvalue weighted by Crippen LogP contribution is -2.35. The molecule has 0 fully saturated rings. The van der Waals surface area contributed by atoms with Crippen molar-refractivity contribution in [1.82, 2.24) is 4.98 Å². The van der Waals surface area contributed by atoms with Crippen molar-refractivity contribution in [2.24, 2.45) is 5.73 Å². The number of aromatic nitrogens is 1. The van der Waals surface area contributed by atoms with Crippen LogP contribution in [-0.4, -0.2) is 4.98 Å². The molecule has 2 aromatic rings. The van der Waals surface area contributed by atoms with Crippen LogP contribution in [0.25, 0.3) is 0 Å². The highest BCUT2D eigenvalue weighted by Crippen LogP contribution is 2.27. The zero-order chi connectivity index (χ0) is 12.5. The summed E-state index contributed by atoms with van der Waals surface area (Å²) in [6.07, 6.45) is 2.59. The maximum Gasteiger partial charge on any atom is 0.146 e. The maximum absolute atomic E-state index is 13.6. The number of hydrogen-bond donors (Lipinski definition) is 1. The van der Waals surface area contributed by atoms with E-state index in [1.807, 2.05) is 0 Å². The number of hydrogen-bond acceptors (Lipinski definition) is 2. The molecule has 0 spiro atoms. The summed E-state index contributed by atoms with van der Waals surface area (Å²) in [7, 11) is 0. The summed E-state index contributed by atoms with van der Waals surface area (Å²) in [6, 6.07) is 7.24. The standard InChI is InChI=1S/C13H12F2N2/c1-13(16,9-2-4-10(14)5-3-9)11-6-7-17-8-12(11)15/h2-8H,16H2,1H3. The van der Waals surface area contributed by atoms with Crippen molar-refractivity contribution in [2.75, 3.05) is 0 Å². The van der Waals surface area contributed by atoms with Gasteiger partial charge in [0, 0.05) is 11.8 Å². The van der Waals surface area contributed by atoms with Gasteiger partial charge in [-0.2, -0.15) is 0 Å². The molecular weight excluding hydrogens is 222 g/mol. The topological polar surface area (TPSA) is 38.9 Å². The normalized spacial score (nSPS) is 14.4. The molecule has 0 saturated carbocycles. The SMILES string of the molecule is CC(N)(c1ccc(F)cc1)c1ccncc1F. The van der Waals surface area contributed by atoms with Gasteiger partial charge in [-0.25, -0.2) is 8.78 Å². The largest absolute Gasteiger partial charge is 0.318 e. The van der Waals surface area contributed by atoms with Crippen molar-refractivity contribution < 1.29 is 8.78 Å². The molecule has 1 atom stereocenters. The average Bonchev–Trinajstić information content (AvgIpc) is 2.30. The number of nitrogens with zero attached hydrogens (tertiary/aromatic N) is 1. The van der Waals surface area contributed by atoms with Gasteiger partial charge in [0.2, 0.25) is 0 Å². The van der Waals surface area contributed by atoms with Gasteiger partial charge in [0.25, 0.3) is 0 Å². The quantitative estimate of drug-likeness (QED) is 0.867. The summed E-state index contributed by atoms with van der Waals surface area (Å²) in [5.41, 5.74) is 6.08. The predicted octanol–water partition coefficient (Wildman–Crippen LogP) is 2.58. The molecule has 2 rings (SSSR count). The summed E-state index contributed by atoms with van der Waals surface area (Å²) in [4.78, 5) is 3.68. The van der Waals surface area contributed by atoms with Gasteiger partial charge in [0.1, 0.15) is 11.6 Å². The van der Waals surface area contributed by atoms with Gasteiger partial charge in [-0.05, 0) is 30.7 Å². The summed E-state index contributed by atoms with van der Waals surface area (Å²) in [5, 5.41) is 0. The Balaban J connectivity index is 2.49. The summed E-state index contributed by atoms with van der Waals surface area (Å²) < 4.78 is 26.5. The Labute approximate surface area is 98.1 Å². The first kappa shape index (κ1) is 11.7. The highest BCUT2D eigenvalue weighted by molar-refractivity contribution is 5.36. The summed E-state index contributed by atoms with van der Waals surface area (Å²) >= 11 is 0. The van der Waals surface area contributed by atoms with Gasteiger partial charge in [-0.3, -0.25) is 4.98 Å². The van der Waals surface area contributed by atoms with Gasteiger partial charge in [-0.1, -0.05) is 12.1 Å². The molecule has 0 aliphatic rings. The molecule has 4 heteroatoms. The van der Waals surface area contributed by atoms with Crippen LogP contribution in [0.1, 0.15) is 18.1 Å². The van der Waals surface area contributed by atoms with E-state index >= 15 is 0 Å². The van der Waals surface area contributed by atoms with E-state index in [1.165, 1.54) is 24.4 Å². The van der Waals surface area contributed by atoms with Gasteiger partial charge in [0.15, 0.2) is 0 Å². The van der Waals surface area contributed by atoms with Crippen LogP contribution < -0.4 is 5.73 Å². The van der Waals surface area contributed by atoms with E-state index in [0.717, 1.165) is 6.20 Å². The zero-order valence-electron chi connectivity index (χ0n) is 9.32. The van der Waals surface area contributed by atoms with Gasteiger partial charge in [0.05, 0.1) is 11.7 Å². The number of pyridine rings is 1. The number of benzene rings is 1. The minimum Gasteiger partial charge on any atom is -0.318 e. The molecule has 0 aliphatic heterocycles. The van der Waals surface area contributed by atoms with Crippen LogP contribution >= 0.6 is 0 Å². The molecule has 1 aromatic carbocycles. The highest BCUT2D eigenvalue weighted by atomic mass is 19.1. The third-order valence-corrected chi connectivity index (χ3v) is 2.78. The molecule has 0 bridgehead atoms. The number of rotatable bonds is 2. The molecule has 0 radical (unpaired) electrons. The van der Waals surface area contributed by atoms with Crippen molar-refractivity contribution in [3.05, 3.63) is 65.5 Å². The second kappa shape index (κ2) is 4.22. The van der Waals surface area contributed by atoms with Crippen LogP contribution in [0.4, 0.5) is 8.78 Å². The summed E-state index contributed by atoms with van der Waals surface area (Å²) in [5.74, 6) is -0.818. The fourth-order valence-corrected chi connectivity index (χ4v) is 1.75. The van der Waals surface area contributed by atoms with Gasteiger partial charge in [-0.15, -0.1) is 0 Å². The molecule has 1 heterocycles. The molecule has 2 nitrogen and oxygen atoms in total. The Kier molecular flexibility index (Phi) is 2.90. The van der Waals surface area contributed by atoms with Gasteiger partial charge >= 0.3 is 0 Å². The monoisotopic (exact) mass is 234 g/mol. The first-order chi connectivity index (χ1) is 8.01. The van der Waals surface area contributed by atoms with Crippen LogP contribution in [0.3, 0.4) is 0 Å². The van der Waals surface area contributed by atoms with Crippen molar-refractivity contribution in [2.45, 2.75) is 12.5 Å². The minimum atomic E-state index is -1.01. The molecule has 0 amide bonds. The second-order valence-corrected chi connectivity index (χ2v) is 4.06. The second-order valence-electron chi connectivity index (χ2n) is 4.06. The first-order valence-corrected chi connectivity index (χ1v) is 5.17. The molecule has 1 unspecified atom stereocenters. The molecule has 2 N–H and O–H groups in total. The Bertz CT molecular complexity index is 521.